The van der Waals surface area contributed by atoms with Gasteiger partial charge in [0.25, 0.3) is 0 Å². The fraction of sp³-hybridized carbons (Fsp3) is 0.625. The van der Waals surface area contributed by atoms with E-state index >= 15 is 0 Å². The first-order valence-corrected chi connectivity index (χ1v) is 8.55. The molecule has 1 fully saturated rings. The second-order valence-electron chi connectivity index (χ2n) is 6.17. The van der Waals surface area contributed by atoms with Crippen molar-refractivity contribution in [1.29, 1.82) is 0 Å². The van der Waals surface area contributed by atoms with Crippen molar-refractivity contribution < 1.29 is 0 Å². The van der Waals surface area contributed by atoms with E-state index in [0.29, 0.717) is 18.5 Å². The second-order valence-corrected chi connectivity index (χ2v) is 7.38. The van der Waals surface area contributed by atoms with Crippen LogP contribution in [0.2, 0.25) is 0 Å². The van der Waals surface area contributed by atoms with Crippen molar-refractivity contribution in [3.8, 4) is 0 Å². The molecular weight excluding hydrogens is 280 g/mol. The molecule has 114 valence electrons. The number of aryl methyl sites for hydroxylation is 3. The van der Waals surface area contributed by atoms with Gasteiger partial charge in [-0.1, -0.05) is 6.92 Å². The number of hydrogen-bond donors (Lipinski definition) is 1. The lowest BCUT2D eigenvalue weighted by molar-refractivity contribution is 0.348. The molecule has 2 unspecified atom stereocenters. The Bertz CT molecular complexity index is 664. The van der Waals surface area contributed by atoms with Crippen LogP contribution in [0, 0.1) is 26.7 Å². The van der Waals surface area contributed by atoms with Crippen LogP contribution in [0.5, 0.6) is 0 Å². The van der Waals surface area contributed by atoms with Gasteiger partial charge in [0.2, 0.25) is 0 Å². The lowest BCUT2D eigenvalue weighted by Crippen LogP contribution is -2.49. The fourth-order valence-corrected chi connectivity index (χ4v) is 4.48. The Morgan fingerprint density at radius 1 is 1.29 bits per heavy atom. The van der Waals surface area contributed by atoms with Crippen LogP contribution < -0.4 is 10.6 Å². The van der Waals surface area contributed by atoms with Crippen molar-refractivity contribution in [3.63, 3.8) is 0 Å². The molecule has 0 saturated carbocycles. The predicted octanol–water partition coefficient (Wildman–Crippen LogP) is 3.18. The Hall–Kier alpha value is -1.20. The molecule has 21 heavy (non-hydrogen) atoms. The molecule has 3 rings (SSSR count). The molecule has 0 radical (unpaired) electrons. The molecule has 2 N–H and O–H groups in total. The van der Waals surface area contributed by atoms with Crippen molar-refractivity contribution in [2.45, 2.75) is 46.6 Å². The van der Waals surface area contributed by atoms with Gasteiger partial charge in [-0.3, -0.25) is 0 Å². The van der Waals surface area contributed by atoms with E-state index in [1.54, 1.807) is 11.3 Å². The maximum Gasteiger partial charge on any atom is 0.141 e. The maximum atomic E-state index is 6.06. The molecule has 2 atom stereocenters. The van der Waals surface area contributed by atoms with E-state index in [4.69, 9.17) is 10.7 Å². The molecule has 1 saturated heterocycles. The summed E-state index contributed by atoms with van der Waals surface area (Å²) >= 11 is 1.77. The van der Waals surface area contributed by atoms with Crippen molar-refractivity contribution in [3.05, 3.63) is 16.3 Å². The first-order chi connectivity index (χ1) is 10.0. The number of thiophene rings is 1. The molecule has 1 aliphatic heterocycles. The van der Waals surface area contributed by atoms with Gasteiger partial charge in [0, 0.05) is 24.0 Å². The number of nitrogens with two attached hydrogens (primary N) is 1. The largest absolute Gasteiger partial charge is 0.351 e. The highest BCUT2D eigenvalue weighted by Crippen LogP contribution is 2.37. The molecule has 2 aromatic rings. The van der Waals surface area contributed by atoms with E-state index in [1.807, 2.05) is 6.92 Å². The van der Waals surface area contributed by atoms with Crippen LogP contribution in [-0.4, -0.2) is 29.1 Å². The van der Waals surface area contributed by atoms with Crippen LogP contribution in [0.3, 0.4) is 0 Å². The monoisotopic (exact) mass is 304 g/mol. The van der Waals surface area contributed by atoms with E-state index in [9.17, 15) is 0 Å². The maximum absolute atomic E-state index is 6.06. The average Bonchev–Trinajstić information content (AvgIpc) is 2.72. The molecule has 0 aliphatic carbocycles. The highest BCUT2D eigenvalue weighted by Gasteiger charge is 2.30. The lowest BCUT2D eigenvalue weighted by Gasteiger charge is -2.40. The third-order valence-corrected chi connectivity index (χ3v) is 5.85. The minimum absolute atomic E-state index is 0.385. The molecule has 5 heteroatoms. The van der Waals surface area contributed by atoms with E-state index in [1.165, 1.54) is 28.7 Å². The molecule has 0 amide bonds. The van der Waals surface area contributed by atoms with E-state index in [-0.39, 0.29) is 0 Å². The van der Waals surface area contributed by atoms with E-state index < -0.39 is 0 Å². The Morgan fingerprint density at radius 3 is 2.76 bits per heavy atom. The van der Waals surface area contributed by atoms with Gasteiger partial charge in [-0.05, 0) is 45.1 Å². The zero-order chi connectivity index (χ0) is 15.1. The summed E-state index contributed by atoms with van der Waals surface area (Å²) in [5.74, 6) is 2.57. The van der Waals surface area contributed by atoms with Crippen LogP contribution in [0.25, 0.3) is 10.2 Å². The van der Waals surface area contributed by atoms with Gasteiger partial charge in [-0.2, -0.15) is 0 Å². The Morgan fingerprint density at radius 2 is 2.05 bits per heavy atom. The Kier molecular flexibility index (Phi) is 3.88. The van der Waals surface area contributed by atoms with Crippen molar-refractivity contribution in [2.24, 2.45) is 11.7 Å². The molecule has 3 heterocycles. The van der Waals surface area contributed by atoms with Crippen LogP contribution in [-0.2, 0) is 0 Å². The average molecular weight is 304 g/mol. The molecule has 0 spiro atoms. The summed E-state index contributed by atoms with van der Waals surface area (Å²) < 4.78 is 0. The number of nitrogens with zero attached hydrogens (tertiary/aromatic N) is 3. The number of fused-ring (bicyclic) bond motifs is 1. The standard InChI is InChI=1S/C16H24N4S/c1-9-6-5-7-20(13(9)8-17)15-14-10(2)11(3)21-16(14)19-12(4)18-15/h9,13H,5-8,17H2,1-4H3. The molecule has 4 nitrogen and oxygen atoms in total. The molecule has 0 bridgehead atoms. The quantitative estimate of drug-likeness (QED) is 0.926. The minimum Gasteiger partial charge on any atom is -0.351 e. The number of aromatic nitrogens is 2. The topological polar surface area (TPSA) is 55.0 Å². The van der Waals surface area contributed by atoms with Gasteiger partial charge in [0.05, 0.1) is 5.39 Å². The summed E-state index contributed by atoms with van der Waals surface area (Å²) in [5, 5.41) is 1.23. The van der Waals surface area contributed by atoms with Crippen LogP contribution >= 0.6 is 11.3 Å². The highest BCUT2D eigenvalue weighted by molar-refractivity contribution is 7.18. The first kappa shape index (κ1) is 14.7. The smallest absolute Gasteiger partial charge is 0.141 e. The van der Waals surface area contributed by atoms with E-state index in [0.717, 1.165) is 23.0 Å². The molecule has 2 aromatic heterocycles. The molecular formula is C16H24N4S. The second kappa shape index (κ2) is 5.54. The van der Waals surface area contributed by atoms with Crippen molar-refractivity contribution >= 4 is 27.4 Å². The summed E-state index contributed by atoms with van der Waals surface area (Å²) in [5.41, 5.74) is 7.38. The Labute approximate surface area is 130 Å². The van der Waals surface area contributed by atoms with Gasteiger partial charge in [0.1, 0.15) is 16.5 Å². The number of piperidine rings is 1. The SMILES string of the molecule is Cc1nc(N2CCCC(C)C2CN)c2c(C)c(C)sc2n1. The number of rotatable bonds is 2. The van der Waals surface area contributed by atoms with Gasteiger partial charge in [-0.15, -0.1) is 11.3 Å². The first-order valence-electron chi connectivity index (χ1n) is 7.74. The summed E-state index contributed by atoms with van der Waals surface area (Å²) in [6.45, 7) is 10.4. The van der Waals surface area contributed by atoms with Crippen LogP contribution in [0.4, 0.5) is 5.82 Å². The van der Waals surface area contributed by atoms with Gasteiger partial charge >= 0.3 is 0 Å². The number of anilines is 1. The zero-order valence-electron chi connectivity index (χ0n) is 13.3. The van der Waals surface area contributed by atoms with Crippen molar-refractivity contribution in [1.82, 2.24) is 9.97 Å². The summed E-state index contributed by atoms with van der Waals surface area (Å²) in [4.78, 5) is 14.3. The fourth-order valence-electron chi connectivity index (χ4n) is 3.41. The third-order valence-electron chi connectivity index (χ3n) is 4.75. The predicted molar refractivity (Wildman–Crippen MR) is 90.2 cm³/mol. The van der Waals surface area contributed by atoms with E-state index in [2.05, 4.69) is 30.7 Å². The van der Waals surface area contributed by atoms with Gasteiger partial charge in [0.15, 0.2) is 0 Å². The highest BCUT2D eigenvalue weighted by atomic mass is 32.1. The van der Waals surface area contributed by atoms with Crippen LogP contribution in [0.15, 0.2) is 0 Å². The Balaban J connectivity index is 2.18. The third kappa shape index (κ3) is 2.42. The minimum atomic E-state index is 0.385. The van der Waals surface area contributed by atoms with Crippen LogP contribution in [0.1, 0.15) is 36.0 Å². The summed E-state index contributed by atoms with van der Waals surface area (Å²) in [6.07, 6.45) is 2.47. The van der Waals surface area contributed by atoms with Crippen molar-refractivity contribution in [2.75, 3.05) is 18.0 Å². The number of hydrogen-bond acceptors (Lipinski definition) is 5. The normalized spacial score (nSPS) is 23.0. The van der Waals surface area contributed by atoms with Gasteiger partial charge in [-0.25, -0.2) is 9.97 Å². The zero-order valence-corrected chi connectivity index (χ0v) is 14.1. The summed E-state index contributed by atoms with van der Waals surface area (Å²) in [7, 11) is 0. The summed E-state index contributed by atoms with van der Waals surface area (Å²) in [6, 6.07) is 0.385. The van der Waals surface area contributed by atoms with Gasteiger partial charge < -0.3 is 10.6 Å². The lowest BCUT2D eigenvalue weighted by atomic mass is 9.90. The molecule has 1 aliphatic rings. The molecule has 0 aromatic carbocycles.